The third-order valence-corrected chi connectivity index (χ3v) is 1.54. The molecule has 0 bridgehead atoms. The summed E-state index contributed by atoms with van der Waals surface area (Å²) in [5.41, 5.74) is 4.81. The molecule has 0 rings (SSSR count). The maximum Gasteiger partial charge on any atom is 0.321 e. The Balaban J connectivity index is 3.43. The van der Waals surface area contributed by atoms with Gasteiger partial charge in [0, 0.05) is 18.8 Å². The van der Waals surface area contributed by atoms with Crippen molar-refractivity contribution in [2.24, 2.45) is 5.73 Å². The van der Waals surface area contributed by atoms with Gasteiger partial charge in [-0.15, -0.1) is 11.6 Å². The zero-order chi connectivity index (χ0) is 12.4. The number of alkyl halides is 1. The van der Waals surface area contributed by atoms with Gasteiger partial charge in [0.05, 0.1) is 6.61 Å². The molecule has 0 spiro atoms. The molecule has 0 aliphatic rings. The summed E-state index contributed by atoms with van der Waals surface area (Å²) in [5, 5.41) is 4.41. The van der Waals surface area contributed by atoms with Crippen molar-refractivity contribution in [3.05, 3.63) is 0 Å². The van der Waals surface area contributed by atoms with Crippen molar-refractivity contribution in [2.75, 3.05) is 25.6 Å². The van der Waals surface area contributed by atoms with Gasteiger partial charge in [0.25, 0.3) is 0 Å². The van der Waals surface area contributed by atoms with Crippen LogP contribution in [0.3, 0.4) is 0 Å². The van der Waals surface area contributed by atoms with Crippen molar-refractivity contribution >= 4 is 29.4 Å². The number of hydrogen-bond acceptors (Lipinski definition) is 4. The van der Waals surface area contributed by atoms with Crippen LogP contribution in [0, 0.1) is 0 Å². The molecule has 0 aromatic heterocycles. The Morgan fingerprint density at radius 2 is 2.00 bits per heavy atom. The molecule has 0 aliphatic heterocycles. The van der Waals surface area contributed by atoms with Gasteiger partial charge in [-0.25, -0.2) is 4.79 Å². The lowest BCUT2D eigenvalue weighted by Crippen LogP contribution is -2.41. The monoisotopic (exact) mass is 251 g/mol. The van der Waals surface area contributed by atoms with Crippen LogP contribution in [0.4, 0.5) is 4.79 Å². The Hall–Kier alpha value is -1.34. The Bertz CT molecular complexity index is 260. The van der Waals surface area contributed by atoms with Crippen LogP contribution in [0.15, 0.2) is 0 Å². The average molecular weight is 252 g/mol. The van der Waals surface area contributed by atoms with E-state index >= 15 is 0 Å². The van der Waals surface area contributed by atoms with Gasteiger partial charge in [-0.2, -0.15) is 0 Å². The number of halogens is 1. The van der Waals surface area contributed by atoms with E-state index in [1.165, 1.54) is 0 Å². The van der Waals surface area contributed by atoms with Crippen LogP contribution in [-0.4, -0.2) is 43.5 Å². The van der Waals surface area contributed by atoms with Gasteiger partial charge in [-0.05, 0) is 0 Å². The smallest absolute Gasteiger partial charge is 0.321 e. The lowest BCUT2D eigenvalue weighted by Gasteiger charge is -2.05. The van der Waals surface area contributed by atoms with Crippen LogP contribution in [0.1, 0.15) is 6.42 Å². The van der Waals surface area contributed by atoms with Crippen molar-refractivity contribution in [1.82, 2.24) is 10.6 Å². The maximum absolute atomic E-state index is 11.0. The fraction of sp³-hybridized carbons (Fsp3) is 0.625. The second kappa shape index (κ2) is 8.93. The number of urea groups is 1. The first-order valence-corrected chi connectivity index (χ1v) is 5.09. The van der Waals surface area contributed by atoms with E-state index in [2.05, 4.69) is 10.6 Å². The number of amides is 4. The molecule has 0 saturated heterocycles. The molecule has 0 radical (unpaired) electrons. The van der Waals surface area contributed by atoms with Crippen LogP contribution in [0.5, 0.6) is 0 Å². The summed E-state index contributed by atoms with van der Waals surface area (Å²) in [5.74, 6) is -0.881. The predicted molar refractivity (Wildman–Crippen MR) is 56.9 cm³/mol. The lowest BCUT2D eigenvalue weighted by atomic mass is 10.4. The fourth-order valence-corrected chi connectivity index (χ4v) is 0.900. The zero-order valence-electron chi connectivity index (χ0n) is 8.62. The number of carbonyl (C=O) groups excluding carboxylic acids is 3. The molecule has 0 aromatic rings. The molecule has 16 heavy (non-hydrogen) atoms. The molecule has 0 saturated carbocycles. The topological polar surface area (TPSA) is 111 Å². The number of nitrogens with two attached hydrogens (primary N) is 1. The van der Waals surface area contributed by atoms with E-state index < -0.39 is 17.8 Å². The molecule has 0 fully saturated rings. The highest BCUT2D eigenvalue weighted by Gasteiger charge is 2.05. The minimum Gasteiger partial charge on any atom is -0.370 e. The summed E-state index contributed by atoms with van der Waals surface area (Å²) in [7, 11) is 0. The van der Waals surface area contributed by atoms with Gasteiger partial charge in [-0.3, -0.25) is 14.9 Å². The summed E-state index contributed by atoms with van der Waals surface area (Å²) in [6.07, 6.45) is 0.0765. The standard InChI is InChI=1S/C8H14ClN3O4/c9-2-1-7(14)12-8(15)11-3-4-16-5-6(10)13/h1-5H2,(H2,10,13)(H2,11,12,14,15). The lowest BCUT2D eigenvalue weighted by molar-refractivity contribution is -0.122. The Morgan fingerprint density at radius 3 is 2.56 bits per heavy atom. The molecule has 0 aliphatic carbocycles. The van der Waals surface area contributed by atoms with E-state index in [9.17, 15) is 14.4 Å². The summed E-state index contributed by atoms with van der Waals surface area (Å²) < 4.78 is 4.77. The van der Waals surface area contributed by atoms with Gasteiger partial charge >= 0.3 is 6.03 Å². The third-order valence-electron chi connectivity index (χ3n) is 1.35. The maximum atomic E-state index is 11.0. The first-order valence-electron chi connectivity index (χ1n) is 4.56. The van der Waals surface area contributed by atoms with E-state index in [4.69, 9.17) is 22.1 Å². The summed E-state index contributed by atoms with van der Waals surface area (Å²) >= 11 is 5.30. The van der Waals surface area contributed by atoms with E-state index in [0.29, 0.717) is 0 Å². The molecule has 7 nitrogen and oxygen atoms in total. The van der Waals surface area contributed by atoms with Gasteiger partial charge in [0.2, 0.25) is 11.8 Å². The molecule has 92 valence electrons. The van der Waals surface area contributed by atoms with Crippen molar-refractivity contribution in [3.63, 3.8) is 0 Å². The molecule has 8 heteroatoms. The molecule has 0 unspecified atom stereocenters. The first-order chi connectivity index (χ1) is 7.56. The summed E-state index contributed by atoms with van der Waals surface area (Å²) in [4.78, 5) is 32.1. The SMILES string of the molecule is NC(=O)COCCNC(=O)NC(=O)CCCl. The predicted octanol–water partition coefficient (Wildman–Crippen LogP) is -1.06. The van der Waals surface area contributed by atoms with Gasteiger partial charge < -0.3 is 15.8 Å². The largest absolute Gasteiger partial charge is 0.370 e. The van der Waals surface area contributed by atoms with Gasteiger partial charge in [-0.1, -0.05) is 0 Å². The highest BCUT2D eigenvalue weighted by atomic mass is 35.5. The quantitative estimate of drug-likeness (QED) is 0.396. The van der Waals surface area contributed by atoms with E-state index in [-0.39, 0.29) is 32.1 Å². The highest BCUT2D eigenvalue weighted by Crippen LogP contribution is 1.83. The first kappa shape index (κ1) is 14.7. The normalized spacial score (nSPS) is 9.56. The summed E-state index contributed by atoms with van der Waals surface area (Å²) in [6, 6.07) is -0.627. The minimum atomic E-state index is -0.627. The van der Waals surface area contributed by atoms with Crippen LogP contribution < -0.4 is 16.4 Å². The third kappa shape index (κ3) is 9.22. The van der Waals surface area contributed by atoms with Crippen LogP contribution in [-0.2, 0) is 14.3 Å². The van der Waals surface area contributed by atoms with Crippen molar-refractivity contribution < 1.29 is 19.1 Å². The number of imide groups is 1. The summed E-state index contributed by atoms with van der Waals surface area (Å²) in [6.45, 7) is 0.113. The second-order valence-electron chi connectivity index (χ2n) is 2.76. The van der Waals surface area contributed by atoms with Crippen LogP contribution in [0.2, 0.25) is 0 Å². The molecule has 0 aromatic carbocycles. The van der Waals surface area contributed by atoms with Gasteiger partial charge in [0.15, 0.2) is 0 Å². The Labute approximate surface area is 97.6 Å². The van der Waals surface area contributed by atoms with E-state index in [1.54, 1.807) is 0 Å². The minimum absolute atomic E-state index is 0.0765. The number of ether oxygens (including phenoxy) is 1. The fourth-order valence-electron chi connectivity index (χ4n) is 0.729. The Kier molecular flexibility index (Phi) is 8.18. The van der Waals surface area contributed by atoms with Crippen LogP contribution in [0.25, 0.3) is 0 Å². The number of nitrogens with one attached hydrogen (secondary N) is 2. The Morgan fingerprint density at radius 1 is 1.31 bits per heavy atom. The highest BCUT2D eigenvalue weighted by molar-refractivity contribution is 6.19. The number of carbonyl (C=O) groups is 3. The average Bonchev–Trinajstić information content (AvgIpc) is 2.16. The van der Waals surface area contributed by atoms with Crippen molar-refractivity contribution in [1.29, 1.82) is 0 Å². The number of primary amides is 1. The molecule has 4 amide bonds. The number of hydrogen-bond donors (Lipinski definition) is 3. The van der Waals surface area contributed by atoms with Crippen molar-refractivity contribution in [3.8, 4) is 0 Å². The molecule has 4 N–H and O–H groups in total. The van der Waals surface area contributed by atoms with E-state index in [0.717, 1.165) is 0 Å². The number of rotatable bonds is 7. The van der Waals surface area contributed by atoms with Crippen molar-refractivity contribution in [2.45, 2.75) is 6.42 Å². The molecular weight excluding hydrogens is 238 g/mol. The van der Waals surface area contributed by atoms with Crippen LogP contribution >= 0.6 is 11.6 Å². The van der Waals surface area contributed by atoms with E-state index in [1.807, 2.05) is 0 Å². The molecule has 0 heterocycles. The second-order valence-corrected chi connectivity index (χ2v) is 3.14. The molecule has 0 atom stereocenters. The van der Waals surface area contributed by atoms with Gasteiger partial charge in [0.1, 0.15) is 6.61 Å². The molecular formula is C8H14ClN3O4. The zero-order valence-corrected chi connectivity index (χ0v) is 9.38.